The molecule has 1 N–H and O–H groups in total. The highest BCUT2D eigenvalue weighted by molar-refractivity contribution is 7.99. The summed E-state index contributed by atoms with van der Waals surface area (Å²) < 4.78 is 7.83. The van der Waals surface area contributed by atoms with Crippen LogP contribution in [0.4, 0.5) is 5.69 Å². The van der Waals surface area contributed by atoms with Gasteiger partial charge in [0.15, 0.2) is 11.0 Å². The number of nitrogens with zero attached hydrogens (tertiary/aromatic N) is 4. The van der Waals surface area contributed by atoms with Gasteiger partial charge in [-0.1, -0.05) is 29.4 Å². The van der Waals surface area contributed by atoms with Gasteiger partial charge in [-0.05, 0) is 43.2 Å². The molecule has 2 aromatic heterocycles. The minimum Gasteiger partial charge on any atom is -0.376 e. The molecule has 7 nitrogen and oxygen atoms in total. The molecular weight excluding hydrogens is 410 g/mol. The smallest absolute Gasteiger partial charge is 0.234 e. The van der Waals surface area contributed by atoms with Crippen LogP contribution in [0, 0.1) is 0 Å². The average Bonchev–Trinajstić information content (AvgIpc) is 3.38. The first-order chi connectivity index (χ1) is 14.2. The summed E-state index contributed by atoms with van der Waals surface area (Å²) in [5.74, 6) is 0.835. The van der Waals surface area contributed by atoms with Crippen LogP contribution in [0.1, 0.15) is 12.8 Å². The molecule has 1 aliphatic heterocycles. The second-order valence-corrected chi connectivity index (χ2v) is 8.01. The number of aromatic nitrogens is 4. The first-order valence-corrected chi connectivity index (χ1v) is 10.7. The summed E-state index contributed by atoms with van der Waals surface area (Å²) in [5, 5.41) is 12.8. The van der Waals surface area contributed by atoms with Crippen molar-refractivity contribution in [2.24, 2.45) is 0 Å². The maximum absolute atomic E-state index is 12.4. The standard InChI is InChI=1S/C20H20ClN5O2S/c21-15-3-1-4-16(11-15)23-18(27)13-29-20-25-24-19(14-6-8-22-9-7-14)26(20)12-17-5-2-10-28-17/h1,3-4,6-9,11,17H,2,5,10,12-13H2,(H,23,27)/t17-/m0/s1. The normalized spacial score (nSPS) is 16.1. The van der Waals surface area contributed by atoms with Gasteiger partial charge in [-0.3, -0.25) is 14.3 Å². The number of ether oxygens (including phenoxy) is 1. The third kappa shape index (κ3) is 5.14. The lowest BCUT2D eigenvalue weighted by Gasteiger charge is -2.14. The lowest BCUT2D eigenvalue weighted by molar-refractivity contribution is -0.113. The zero-order valence-electron chi connectivity index (χ0n) is 15.6. The van der Waals surface area contributed by atoms with E-state index >= 15 is 0 Å². The Hall–Kier alpha value is -2.42. The molecule has 3 aromatic rings. The Bertz CT molecular complexity index is 976. The Kier molecular flexibility index (Phi) is 6.43. The SMILES string of the molecule is O=C(CSc1nnc(-c2ccncc2)n1C[C@@H]1CCCO1)Nc1cccc(Cl)c1. The third-order valence-corrected chi connectivity index (χ3v) is 5.71. The molecule has 0 spiro atoms. The number of carbonyl (C=O) groups excluding carboxylic acids is 1. The molecular formula is C20H20ClN5O2S. The number of amides is 1. The van der Waals surface area contributed by atoms with Gasteiger partial charge in [0.25, 0.3) is 0 Å². The average molecular weight is 430 g/mol. The fourth-order valence-electron chi connectivity index (χ4n) is 3.16. The fraction of sp³-hybridized carbons (Fsp3) is 0.300. The molecule has 1 aromatic carbocycles. The predicted molar refractivity (Wildman–Crippen MR) is 113 cm³/mol. The fourth-order valence-corrected chi connectivity index (χ4v) is 4.10. The van der Waals surface area contributed by atoms with Gasteiger partial charge in [-0.15, -0.1) is 10.2 Å². The van der Waals surface area contributed by atoms with Crippen molar-refractivity contribution in [1.82, 2.24) is 19.7 Å². The topological polar surface area (TPSA) is 81.9 Å². The van der Waals surface area contributed by atoms with E-state index in [-0.39, 0.29) is 17.8 Å². The summed E-state index contributed by atoms with van der Waals surface area (Å²) in [6.07, 6.45) is 5.65. The van der Waals surface area contributed by atoms with Gasteiger partial charge in [0, 0.05) is 35.3 Å². The minimum absolute atomic E-state index is 0.130. The van der Waals surface area contributed by atoms with Gasteiger partial charge in [0.05, 0.1) is 18.4 Å². The molecule has 29 heavy (non-hydrogen) atoms. The van der Waals surface area contributed by atoms with Crippen LogP contribution in [0.25, 0.3) is 11.4 Å². The zero-order valence-corrected chi connectivity index (χ0v) is 17.2. The Morgan fingerprint density at radius 1 is 1.28 bits per heavy atom. The molecule has 150 valence electrons. The Balaban J connectivity index is 1.48. The summed E-state index contributed by atoms with van der Waals surface area (Å²) in [7, 11) is 0. The molecule has 1 amide bonds. The maximum Gasteiger partial charge on any atom is 0.234 e. The van der Waals surface area contributed by atoms with Crippen molar-refractivity contribution in [3.05, 3.63) is 53.8 Å². The van der Waals surface area contributed by atoms with Gasteiger partial charge in [-0.25, -0.2) is 0 Å². The van der Waals surface area contributed by atoms with E-state index in [0.717, 1.165) is 30.8 Å². The summed E-state index contributed by atoms with van der Waals surface area (Å²) in [6.45, 7) is 1.44. The summed E-state index contributed by atoms with van der Waals surface area (Å²) in [4.78, 5) is 16.4. The van der Waals surface area contributed by atoms with E-state index in [4.69, 9.17) is 16.3 Å². The summed E-state index contributed by atoms with van der Waals surface area (Å²) in [6, 6.07) is 10.9. The van der Waals surface area contributed by atoms with Gasteiger partial charge < -0.3 is 10.1 Å². The second-order valence-electron chi connectivity index (χ2n) is 6.63. The lowest BCUT2D eigenvalue weighted by atomic mass is 10.2. The molecule has 1 aliphatic rings. The minimum atomic E-state index is -0.130. The van der Waals surface area contributed by atoms with Gasteiger partial charge >= 0.3 is 0 Å². The summed E-state index contributed by atoms with van der Waals surface area (Å²) in [5.41, 5.74) is 1.60. The maximum atomic E-state index is 12.4. The molecule has 4 rings (SSSR count). The molecule has 0 bridgehead atoms. The van der Waals surface area contributed by atoms with E-state index in [0.29, 0.717) is 22.4 Å². The highest BCUT2D eigenvalue weighted by atomic mass is 35.5. The van der Waals surface area contributed by atoms with E-state index in [2.05, 4.69) is 20.5 Å². The number of pyridine rings is 1. The lowest BCUT2D eigenvalue weighted by Crippen LogP contribution is -2.18. The Labute approximate surface area is 177 Å². The molecule has 0 unspecified atom stereocenters. The number of hydrogen-bond donors (Lipinski definition) is 1. The van der Waals surface area contributed by atoms with Crippen LogP contribution < -0.4 is 5.32 Å². The molecule has 3 heterocycles. The molecule has 0 saturated carbocycles. The first kappa shape index (κ1) is 19.9. The van der Waals surface area contributed by atoms with Crippen molar-refractivity contribution in [3.8, 4) is 11.4 Å². The Morgan fingerprint density at radius 2 is 2.14 bits per heavy atom. The molecule has 1 saturated heterocycles. The number of rotatable bonds is 7. The van der Waals surface area contributed by atoms with Crippen LogP contribution in [0.5, 0.6) is 0 Å². The number of hydrogen-bond acceptors (Lipinski definition) is 6. The molecule has 1 atom stereocenters. The van der Waals surface area contributed by atoms with Crippen LogP contribution in [0.3, 0.4) is 0 Å². The predicted octanol–water partition coefficient (Wildman–Crippen LogP) is 3.90. The number of carbonyl (C=O) groups is 1. The molecule has 0 aliphatic carbocycles. The van der Waals surface area contributed by atoms with E-state index in [1.165, 1.54) is 11.8 Å². The molecule has 1 fully saturated rings. The highest BCUT2D eigenvalue weighted by Crippen LogP contribution is 2.26. The van der Waals surface area contributed by atoms with E-state index in [1.807, 2.05) is 16.7 Å². The molecule has 9 heteroatoms. The number of benzene rings is 1. The van der Waals surface area contributed by atoms with Crippen LogP contribution in [0.15, 0.2) is 53.9 Å². The van der Waals surface area contributed by atoms with Crippen LogP contribution in [-0.4, -0.2) is 44.1 Å². The number of nitrogens with one attached hydrogen (secondary N) is 1. The first-order valence-electron chi connectivity index (χ1n) is 9.32. The number of anilines is 1. The Morgan fingerprint density at radius 3 is 2.90 bits per heavy atom. The van der Waals surface area contributed by atoms with Crippen LogP contribution >= 0.6 is 23.4 Å². The van der Waals surface area contributed by atoms with Crippen molar-refractivity contribution in [2.75, 3.05) is 17.7 Å². The van der Waals surface area contributed by atoms with E-state index in [9.17, 15) is 4.79 Å². The third-order valence-electron chi connectivity index (χ3n) is 4.51. The largest absolute Gasteiger partial charge is 0.376 e. The van der Waals surface area contributed by atoms with Crippen LogP contribution in [0.2, 0.25) is 5.02 Å². The van der Waals surface area contributed by atoms with Crippen LogP contribution in [-0.2, 0) is 16.1 Å². The number of thioether (sulfide) groups is 1. The van der Waals surface area contributed by atoms with E-state index < -0.39 is 0 Å². The van der Waals surface area contributed by atoms with E-state index in [1.54, 1.807) is 36.7 Å². The molecule has 0 radical (unpaired) electrons. The zero-order chi connectivity index (χ0) is 20.1. The quantitative estimate of drug-likeness (QED) is 0.573. The van der Waals surface area contributed by atoms with Gasteiger partial charge in [-0.2, -0.15) is 0 Å². The van der Waals surface area contributed by atoms with Crippen molar-refractivity contribution in [2.45, 2.75) is 30.6 Å². The van der Waals surface area contributed by atoms with Crippen molar-refractivity contribution in [3.63, 3.8) is 0 Å². The van der Waals surface area contributed by atoms with Gasteiger partial charge in [0.2, 0.25) is 5.91 Å². The van der Waals surface area contributed by atoms with Crippen molar-refractivity contribution < 1.29 is 9.53 Å². The second kappa shape index (κ2) is 9.39. The highest BCUT2D eigenvalue weighted by Gasteiger charge is 2.22. The van der Waals surface area contributed by atoms with Crippen molar-refractivity contribution in [1.29, 1.82) is 0 Å². The van der Waals surface area contributed by atoms with Gasteiger partial charge in [0.1, 0.15) is 0 Å². The van der Waals surface area contributed by atoms with Crippen molar-refractivity contribution >= 4 is 35.0 Å². The number of halogens is 1. The monoisotopic (exact) mass is 429 g/mol. The summed E-state index contributed by atoms with van der Waals surface area (Å²) >= 11 is 7.32.